The number of halogens is 2. The summed E-state index contributed by atoms with van der Waals surface area (Å²) in [6.45, 7) is 3.87. The average Bonchev–Trinajstić information content (AvgIpc) is 2.74. The lowest BCUT2D eigenvalue weighted by Crippen LogP contribution is -2.07. The summed E-state index contributed by atoms with van der Waals surface area (Å²) in [4.78, 5) is 17.4. The molecule has 2 aromatic rings. The Labute approximate surface area is 138 Å². The van der Waals surface area contributed by atoms with E-state index in [1.54, 1.807) is 13.3 Å². The number of Topliss-reactive ketones (excluding diaryl/α,β-unsaturated/α-hetero) is 1. The van der Waals surface area contributed by atoms with Crippen molar-refractivity contribution in [3.63, 3.8) is 0 Å². The molecule has 0 bridgehead atoms. The second-order valence-corrected chi connectivity index (χ2v) is 7.60. The van der Waals surface area contributed by atoms with E-state index in [1.807, 2.05) is 19.9 Å². The Kier molecular flexibility index (Phi) is 4.99. The predicted octanol–water partition coefficient (Wildman–Crippen LogP) is 4.72. The molecule has 0 amide bonds. The molecule has 2 rings (SSSR count). The highest BCUT2D eigenvalue weighted by Crippen LogP contribution is 2.33. The van der Waals surface area contributed by atoms with Gasteiger partial charge in [0, 0.05) is 21.8 Å². The molecule has 0 N–H and O–H groups in total. The number of hydrogen-bond donors (Lipinski definition) is 0. The van der Waals surface area contributed by atoms with Gasteiger partial charge in [0.15, 0.2) is 5.78 Å². The number of nitrogens with zero attached hydrogens (tertiary/aromatic N) is 1. The maximum atomic E-state index is 12.3. The largest absolute Gasteiger partial charge is 0.496 e. The number of hydrogen-bond acceptors (Lipinski definition) is 4. The number of ketones is 1. The van der Waals surface area contributed by atoms with Crippen molar-refractivity contribution in [1.82, 2.24) is 4.98 Å². The molecule has 0 aliphatic rings. The number of rotatable bonds is 4. The zero-order valence-electron chi connectivity index (χ0n) is 11.3. The van der Waals surface area contributed by atoms with Crippen LogP contribution in [0.25, 0.3) is 0 Å². The molecule has 0 aliphatic carbocycles. The van der Waals surface area contributed by atoms with Crippen LogP contribution in [-0.4, -0.2) is 17.9 Å². The highest BCUT2D eigenvalue weighted by Gasteiger charge is 2.16. The average molecular weight is 419 g/mol. The molecule has 20 heavy (non-hydrogen) atoms. The molecule has 6 heteroatoms. The Hall–Kier alpha value is -0.720. The summed E-state index contributed by atoms with van der Waals surface area (Å²) in [7, 11) is 1.63. The SMILES string of the molecule is COc1c(C)cnc(CC(=O)c2cc(Br)c(Br)s2)c1C. The van der Waals surface area contributed by atoms with Gasteiger partial charge in [-0.3, -0.25) is 9.78 Å². The van der Waals surface area contributed by atoms with Crippen molar-refractivity contribution in [3.8, 4) is 5.75 Å². The lowest BCUT2D eigenvalue weighted by Gasteiger charge is -2.11. The highest BCUT2D eigenvalue weighted by atomic mass is 79.9. The summed E-state index contributed by atoms with van der Waals surface area (Å²) in [5.41, 5.74) is 2.66. The molecule has 0 spiro atoms. The number of aryl methyl sites for hydroxylation is 1. The van der Waals surface area contributed by atoms with Gasteiger partial charge in [-0.15, -0.1) is 11.3 Å². The zero-order chi connectivity index (χ0) is 14.9. The first-order chi connectivity index (χ1) is 9.43. The van der Waals surface area contributed by atoms with E-state index in [1.165, 1.54) is 11.3 Å². The van der Waals surface area contributed by atoms with E-state index < -0.39 is 0 Å². The van der Waals surface area contributed by atoms with Gasteiger partial charge in [0.05, 0.1) is 27.9 Å². The predicted molar refractivity (Wildman–Crippen MR) is 88.0 cm³/mol. The number of carbonyl (C=O) groups excluding carboxylic acids is 1. The molecule has 0 aromatic carbocycles. The molecule has 0 radical (unpaired) electrons. The number of carbonyl (C=O) groups is 1. The molecule has 0 aliphatic heterocycles. The Morgan fingerprint density at radius 1 is 1.40 bits per heavy atom. The third kappa shape index (κ3) is 3.13. The van der Waals surface area contributed by atoms with Crippen molar-refractivity contribution in [2.45, 2.75) is 20.3 Å². The van der Waals surface area contributed by atoms with Crippen LogP contribution in [0.3, 0.4) is 0 Å². The fraction of sp³-hybridized carbons (Fsp3) is 0.286. The van der Waals surface area contributed by atoms with Crippen LogP contribution in [-0.2, 0) is 6.42 Å². The van der Waals surface area contributed by atoms with Gasteiger partial charge in [-0.1, -0.05) is 0 Å². The minimum Gasteiger partial charge on any atom is -0.496 e. The lowest BCUT2D eigenvalue weighted by atomic mass is 10.1. The second-order valence-electron chi connectivity index (χ2n) is 4.38. The Morgan fingerprint density at radius 3 is 2.65 bits per heavy atom. The van der Waals surface area contributed by atoms with E-state index in [9.17, 15) is 4.79 Å². The Balaban J connectivity index is 2.28. The first-order valence-corrected chi connectivity index (χ1v) is 8.31. The van der Waals surface area contributed by atoms with Crippen molar-refractivity contribution in [3.05, 3.63) is 42.2 Å². The number of aromatic nitrogens is 1. The molecule has 0 atom stereocenters. The fourth-order valence-electron chi connectivity index (χ4n) is 1.97. The van der Waals surface area contributed by atoms with E-state index in [2.05, 4.69) is 36.8 Å². The van der Waals surface area contributed by atoms with Gasteiger partial charge < -0.3 is 4.74 Å². The van der Waals surface area contributed by atoms with E-state index in [-0.39, 0.29) is 12.2 Å². The van der Waals surface area contributed by atoms with Crippen molar-refractivity contribution in [2.24, 2.45) is 0 Å². The number of methoxy groups -OCH3 is 1. The summed E-state index contributed by atoms with van der Waals surface area (Å²) in [5.74, 6) is 0.860. The molecular formula is C14H13Br2NO2S. The van der Waals surface area contributed by atoms with Crippen LogP contribution in [0.1, 0.15) is 26.5 Å². The van der Waals surface area contributed by atoms with Crippen molar-refractivity contribution in [1.29, 1.82) is 0 Å². The first kappa shape index (κ1) is 15.7. The highest BCUT2D eigenvalue weighted by molar-refractivity contribution is 9.13. The zero-order valence-corrected chi connectivity index (χ0v) is 15.3. The summed E-state index contributed by atoms with van der Waals surface area (Å²) < 4.78 is 7.19. The molecule has 0 unspecified atom stereocenters. The Morgan fingerprint density at radius 2 is 2.10 bits per heavy atom. The molecule has 2 aromatic heterocycles. The maximum Gasteiger partial charge on any atom is 0.178 e. The van der Waals surface area contributed by atoms with Gasteiger partial charge >= 0.3 is 0 Å². The third-order valence-electron chi connectivity index (χ3n) is 3.00. The van der Waals surface area contributed by atoms with E-state index in [4.69, 9.17) is 4.74 Å². The first-order valence-electron chi connectivity index (χ1n) is 5.91. The smallest absolute Gasteiger partial charge is 0.178 e. The summed E-state index contributed by atoms with van der Waals surface area (Å²) in [6, 6.07) is 1.83. The minimum absolute atomic E-state index is 0.0582. The second kappa shape index (κ2) is 6.37. The maximum absolute atomic E-state index is 12.3. The molecule has 3 nitrogen and oxygen atoms in total. The molecule has 0 saturated carbocycles. The van der Waals surface area contributed by atoms with Crippen LogP contribution in [0.5, 0.6) is 5.75 Å². The lowest BCUT2D eigenvalue weighted by molar-refractivity contribution is 0.0995. The number of pyridine rings is 1. The summed E-state index contributed by atoms with van der Waals surface area (Å²) >= 11 is 8.21. The fourth-order valence-corrected chi connectivity index (χ4v) is 3.95. The van der Waals surface area contributed by atoms with Crippen molar-refractivity contribution in [2.75, 3.05) is 7.11 Å². The molecular weight excluding hydrogens is 406 g/mol. The van der Waals surface area contributed by atoms with Crippen LogP contribution < -0.4 is 4.74 Å². The van der Waals surface area contributed by atoms with Gasteiger partial charge in [-0.2, -0.15) is 0 Å². The molecule has 2 heterocycles. The minimum atomic E-state index is 0.0582. The van der Waals surface area contributed by atoms with Crippen molar-refractivity contribution >= 4 is 49.0 Å². The van der Waals surface area contributed by atoms with E-state index in [0.29, 0.717) is 4.88 Å². The van der Waals surface area contributed by atoms with Gasteiger partial charge in [-0.05, 0) is 51.8 Å². The van der Waals surface area contributed by atoms with Gasteiger partial charge in [-0.25, -0.2) is 0 Å². The van der Waals surface area contributed by atoms with Crippen molar-refractivity contribution < 1.29 is 9.53 Å². The van der Waals surface area contributed by atoms with Gasteiger partial charge in [0.1, 0.15) is 5.75 Å². The van der Waals surface area contributed by atoms with Gasteiger partial charge in [0.2, 0.25) is 0 Å². The number of ether oxygens (including phenoxy) is 1. The Bertz CT molecular complexity index is 648. The van der Waals surface area contributed by atoms with Gasteiger partial charge in [0.25, 0.3) is 0 Å². The van der Waals surface area contributed by atoms with E-state index in [0.717, 1.165) is 30.8 Å². The van der Waals surface area contributed by atoms with Crippen LogP contribution >= 0.6 is 43.2 Å². The third-order valence-corrected chi connectivity index (χ3v) is 6.30. The molecule has 0 saturated heterocycles. The summed E-state index contributed by atoms with van der Waals surface area (Å²) in [6.07, 6.45) is 2.02. The van der Waals surface area contributed by atoms with Crippen LogP contribution in [0, 0.1) is 13.8 Å². The van der Waals surface area contributed by atoms with Crippen LogP contribution in [0.4, 0.5) is 0 Å². The topological polar surface area (TPSA) is 39.2 Å². The molecule has 0 fully saturated rings. The normalized spacial score (nSPS) is 10.7. The monoisotopic (exact) mass is 417 g/mol. The quantitative estimate of drug-likeness (QED) is 0.674. The van der Waals surface area contributed by atoms with Crippen LogP contribution in [0.15, 0.2) is 20.5 Å². The number of thiophene rings is 1. The van der Waals surface area contributed by atoms with E-state index >= 15 is 0 Å². The molecule has 106 valence electrons. The standard InChI is InChI=1S/C14H13Br2NO2S/c1-7-6-17-10(8(2)13(7)19-3)5-11(18)12-4-9(15)14(16)20-12/h4,6H,5H2,1-3H3. The van der Waals surface area contributed by atoms with Crippen LogP contribution in [0.2, 0.25) is 0 Å². The summed E-state index contributed by atoms with van der Waals surface area (Å²) in [5, 5.41) is 0.